The number of benzene rings is 1. The number of hydrogen-bond donors (Lipinski definition) is 1. The third kappa shape index (κ3) is 2.96. The lowest BCUT2D eigenvalue weighted by Gasteiger charge is -2.39. The van der Waals surface area contributed by atoms with E-state index < -0.39 is 0 Å². The Bertz CT molecular complexity index is 472. The van der Waals surface area contributed by atoms with Gasteiger partial charge in [0.2, 0.25) is 0 Å². The van der Waals surface area contributed by atoms with Crippen molar-refractivity contribution in [3.63, 3.8) is 0 Å². The van der Waals surface area contributed by atoms with E-state index in [-0.39, 0.29) is 11.9 Å². The van der Waals surface area contributed by atoms with Gasteiger partial charge in [0.05, 0.1) is 0 Å². The van der Waals surface area contributed by atoms with Gasteiger partial charge in [0.15, 0.2) is 0 Å². The zero-order valence-corrected chi connectivity index (χ0v) is 12.0. The largest absolute Gasteiger partial charge is 0.336 e. The van der Waals surface area contributed by atoms with Crippen LogP contribution in [0.2, 0.25) is 0 Å². The highest BCUT2D eigenvalue weighted by Gasteiger charge is 2.26. The average Bonchev–Trinajstić information content (AvgIpc) is 2.41. The number of amides is 1. The number of aryl methyl sites for hydroxylation is 2. The molecular weight excluding hydrogens is 238 g/mol. The molecule has 0 aromatic heterocycles. The van der Waals surface area contributed by atoms with Crippen LogP contribution < -0.4 is 5.73 Å². The molecule has 0 aliphatic carbocycles. The van der Waals surface area contributed by atoms with Crippen LogP contribution in [-0.2, 0) is 0 Å². The zero-order valence-electron chi connectivity index (χ0n) is 12.0. The quantitative estimate of drug-likeness (QED) is 0.864. The highest BCUT2D eigenvalue weighted by molar-refractivity contribution is 5.94. The Morgan fingerprint density at radius 3 is 2.68 bits per heavy atom. The first-order valence-electron chi connectivity index (χ1n) is 6.79. The first kappa shape index (κ1) is 14.0. The van der Waals surface area contributed by atoms with Crippen molar-refractivity contribution in [1.82, 2.24) is 9.80 Å². The number of carbonyl (C=O) groups excluding carboxylic acids is 1. The number of nitrogens with two attached hydrogens (primary N) is 1. The lowest BCUT2D eigenvalue weighted by molar-refractivity contribution is 0.0559. The van der Waals surface area contributed by atoms with Crippen molar-refractivity contribution in [1.29, 1.82) is 0 Å². The maximum absolute atomic E-state index is 12.5. The zero-order chi connectivity index (χ0) is 14.0. The second-order valence-corrected chi connectivity index (χ2v) is 5.42. The fourth-order valence-electron chi connectivity index (χ4n) is 2.44. The smallest absolute Gasteiger partial charge is 0.253 e. The van der Waals surface area contributed by atoms with Gasteiger partial charge in [-0.05, 0) is 44.2 Å². The Kier molecular flexibility index (Phi) is 4.22. The van der Waals surface area contributed by atoms with Crippen LogP contribution in [0.1, 0.15) is 21.5 Å². The van der Waals surface area contributed by atoms with Crippen LogP contribution in [0.15, 0.2) is 18.2 Å². The second kappa shape index (κ2) is 5.72. The Labute approximate surface area is 115 Å². The summed E-state index contributed by atoms with van der Waals surface area (Å²) in [6, 6.07) is 6.18. The second-order valence-electron chi connectivity index (χ2n) is 5.42. The Morgan fingerprint density at radius 2 is 2.05 bits per heavy atom. The van der Waals surface area contributed by atoms with E-state index in [2.05, 4.69) is 18.9 Å². The standard InChI is InChI=1S/C15H23N3O/c1-11-4-5-13(8-12(11)2)15(19)18-7-6-17(3)14(9-16)10-18/h4-5,8,14H,6-7,9-10,16H2,1-3H3. The summed E-state index contributed by atoms with van der Waals surface area (Å²) in [5.74, 6) is 0.120. The number of piperazine rings is 1. The molecule has 1 amide bonds. The van der Waals surface area contributed by atoms with Gasteiger partial charge in [-0.25, -0.2) is 0 Å². The first-order chi connectivity index (χ1) is 9.02. The van der Waals surface area contributed by atoms with Crippen LogP contribution in [0, 0.1) is 13.8 Å². The summed E-state index contributed by atoms with van der Waals surface area (Å²) < 4.78 is 0. The molecule has 1 unspecified atom stereocenters. The minimum atomic E-state index is 0.120. The number of carbonyl (C=O) groups is 1. The molecule has 1 fully saturated rings. The van der Waals surface area contributed by atoms with Gasteiger partial charge in [0.1, 0.15) is 0 Å². The molecule has 1 heterocycles. The fraction of sp³-hybridized carbons (Fsp3) is 0.533. The maximum Gasteiger partial charge on any atom is 0.253 e. The number of rotatable bonds is 2. The molecule has 2 rings (SSSR count). The topological polar surface area (TPSA) is 49.6 Å². The lowest BCUT2D eigenvalue weighted by Crippen LogP contribution is -2.55. The van der Waals surface area contributed by atoms with E-state index in [1.807, 2.05) is 30.0 Å². The van der Waals surface area contributed by atoms with Gasteiger partial charge in [-0.3, -0.25) is 9.69 Å². The Hall–Kier alpha value is -1.39. The SMILES string of the molecule is Cc1ccc(C(=O)N2CCN(C)C(CN)C2)cc1C. The third-order valence-electron chi connectivity index (χ3n) is 4.09. The van der Waals surface area contributed by atoms with Crippen molar-refractivity contribution >= 4 is 5.91 Å². The highest BCUT2D eigenvalue weighted by atomic mass is 16.2. The summed E-state index contributed by atoms with van der Waals surface area (Å²) >= 11 is 0. The molecule has 0 radical (unpaired) electrons. The molecule has 0 bridgehead atoms. The predicted octanol–water partition coefficient (Wildman–Crippen LogP) is 1.02. The molecule has 1 saturated heterocycles. The van der Waals surface area contributed by atoms with Crippen LogP contribution in [0.25, 0.3) is 0 Å². The van der Waals surface area contributed by atoms with Gasteiger partial charge in [-0.15, -0.1) is 0 Å². The highest BCUT2D eigenvalue weighted by Crippen LogP contribution is 2.15. The molecule has 2 N–H and O–H groups in total. The van der Waals surface area contributed by atoms with E-state index in [1.165, 1.54) is 5.56 Å². The molecule has 0 spiro atoms. The van der Waals surface area contributed by atoms with Crippen molar-refractivity contribution in [3.05, 3.63) is 34.9 Å². The summed E-state index contributed by atoms with van der Waals surface area (Å²) in [5.41, 5.74) is 8.92. The molecule has 1 aromatic rings. The van der Waals surface area contributed by atoms with Crippen molar-refractivity contribution in [3.8, 4) is 0 Å². The van der Waals surface area contributed by atoms with Gasteiger partial charge >= 0.3 is 0 Å². The van der Waals surface area contributed by atoms with Gasteiger partial charge < -0.3 is 10.6 Å². The number of likely N-dealkylation sites (N-methyl/N-ethyl adjacent to an activating group) is 1. The number of nitrogens with zero attached hydrogens (tertiary/aromatic N) is 2. The van der Waals surface area contributed by atoms with Crippen LogP contribution in [-0.4, -0.2) is 55.0 Å². The van der Waals surface area contributed by atoms with E-state index in [0.29, 0.717) is 6.54 Å². The number of hydrogen-bond acceptors (Lipinski definition) is 3. The van der Waals surface area contributed by atoms with Crippen molar-refractivity contribution in [2.24, 2.45) is 5.73 Å². The van der Waals surface area contributed by atoms with Crippen LogP contribution >= 0.6 is 0 Å². The normalized spacial score (nSPS) is 20.6. The summed E-state index contributed by atoms with van der Waals surface area (Å²) in [4.78, 5) is 16.6. The molecule has 19 heavy (non-hydrogen) atoms. The molecule has 0 saturated carbocycles. The summed E-state index contributed by atoms with van der Waals surface area (Å²) in [5, 5.41) is 0. The molecule has 104 valence electrons. The molecule has 4 heteroatoms. The molecular formula is C15H23N3O. The van der Waals surface area contributed by atoms with Gasteiger partial charge in [0.25, 0.3) is 5.91 Å². The maximum atomic E-state index is 12.5. The Morgan fingerprint density at radius 1 is 1.32 bits per heavy atom. The molecule has 1 aliphatic rings. The summed E-state index contributed by atoms with van der Waals surface area (Å²) in [6.45, 7) is 7.08. The van der Waals surface area contributed by atoms with E-state index in [1.54, 1.807) is 0 Å². The van der Waals surface area contributed by atoms with Gasteiger partial charge in [-0.1, -0.05) is 6.07 Å². The van der Waals surface area contributed by atoms with Crippen LogP contribution in [0.5, 0.6) is 0 Å². The van der Waals surface area contributed by atoms with Crippen molar-refractivity contribution in [2.45, 2.75) is 19.9 Å². The van der Waals surface area contributed by atoms with E-state index in [4.69, 9.17) is 5.73 Å². The lowest BCUT2D eigenvalue weighted by atomic mass is 10.0. The monoisotopic (exact) mass is 261 g/mol. The molecule has 1 aromatic carbocycles. The summed E-state index contributed by atoms with van der Waals surface area (Å²) in [6.07, 6.45) is 0. The van der Waals surface area contributed by atoms with Crippen LogP contribution in [0.3, 0.4) is 0 Å². The first-order valence-corrected chi connectivity index (χ1v) is 6.79. The van der Waals surface area contributed by atoms with E-state index in [0.717, 1.165) is 30.8 Å². The van der Waals surface area contributed by atoms with E-state index in [9.17, 15) is 4.79 Å². The van der Waals surface area contributed by atoms with Crippen LogP contribution in [0.4, 0.5) is 0 Å². The minimum Gasteiger partial charge on any atom is -0.336 e. The molecule has 1 atom stereocenters. The fourth-order valence-corrected chi connectivity index (χ4v) is 2.44. The van der Waals surface area contributed by atoms with Crippen molar-refractivity contribution < 1.29 is 4.79 Å². The van der Waals surface area contributed by atoms with E-state index >= 15 is 0 Å². The minimum absolute atomic E-state index is 0.120. The van der Waals surface area contributed by atoms with Crippen molar-refractivity contribution in [2.75, 3.05) is 33.2 Å². The average molecular weight is 261 g/mol. The predicted molar refractivity (Wildman–Crippen MR) is 77.3 cm³/mol. The van der Waals surface area contributed by atoms with Gasteiger partial charge in [0, 0.05) is 37.8 Å². The molecule has 4 nitrogen and oxygen atoms in total. The summed E-state index contributed by atoms with van der Waals surface area (Å²) in [7, 11) is 2.06. The van der Waals surface area contributed by atoms with Gasteiger partial charge in [-0.2, -0.15) is 0 Å². The third-order valence-corrected chi connectivity index (χ3v) is 4.09. The Balaban J connectivity index is 2.13. The molecule has 1 aliphatic heterocycles.